The van der Waals surface area contributed by atoms with Gasteiger partial charge in [0.15, 0.2) is 5.58 Å². The van der Waals surface area contributed by atoms with Crippen molar-refractivity contribution in [3.05, 3.63) is 42.3 Å². The summed E-state index contributed by atoms with van der Waals surface area (Å²) in [5.74, 6) is 0.608. The van der Waals surface area contributed by atoms with Crippen LogP contribution < -0.4 is 5.73 Å². The number of benzene rings is 2. The van der Waals surface area contributed by atoms with Crippen molar-refractivity contribution >= 4 is 71.2 Å². The van der Waals surface area contributed by atoms with E-state index in [1.54, 1.807) is 0 Å². The number of aromatic nitrogens is 1. The van der Waals surface area contributed by atoms with Gasteiger partial charge in [0.1, 0.15) is 5.52 Å². The van der Waals surface area contributed by atoms with Gasteiger partial charge in [0.2, 0.25) is 5.89 Å². The molecule has 0 bridgehead atoms. The van der Waals surface area contributed by atoms with Crippen LogP contribution in [0.2, 0.25) is 0 Å². The normalized spacial score (nSPS) is 11.2. The fraction of sp³-hybridized carbons (Fsp3) is 0.133. The van der Waals surface area contributed by atoms with Crippen LogP contribution in [0.1, 0.15) is 12.5 Å². The highest BCUT2D eigenvalue weighted by Gasteiger charge is 2.20. The van der Waals surface area contributed by atoms with Gasteiger partial charge in [-0.1, -0.05) is 13.0 Å². The molecule has 0 spiro atoms. The number of nitrogens with zero attached hydrogens (tertiary/aromatic N) is 1. The molecular formula is C15H11Br2IN2O. The Balaban J connectivity index is 2.32. The van der Waals surface area contributed by atoms with E-state index in [9.17, 15) is 0 Å². The van der Waals surface area contributed by atoms with Gasteiger partial charge < -0.3 is 10.2 Å². The molecule has 6 heteroatoms. The third-order valence-corrected chi connectivity index (χ3v) is 5.65. The SMILES string of the molecule is CCc1c(Br)c(N)c(Br)c2nc(-c3cccc(I)c3)oc12. The second-order valence-electron chi connectivity index (χ2n) is 4.58. The summed E-state index contributed by atoms with van der Waals surface area (Å²) in [6.45, 7) is 2.07. The van der Waals surface area contributed by atoms with Crippen LogP contribution in [0.15, 0.2) is 37.6 Å². The Labute approximate surface area is 152 Å². The Kier molecular flexibility index (Phi) is 4.29. The number of oxazole rings is 1. The molecule has 0 aliphatic rings. The van der Waals surface area contributed by atoms with Gasteiger partial charge in [0.25, 0.3) is 0 Å². The molecule has 3 rings (SSSR count). The van der Waals surface area contributed by atoms with Gasteiger partial charge >= 0.3 is 0 Å². The van der Waals surface area contributed by atoms with E-state index < -0.39 is 0 Å². The van der Waals surface area contributed by atoms with Crippen LogP contribution >= 0.6 is 54.5 Å². The van der Waals surface area contributed by atoms with E-state index in [0.29, 0.717) is 11.6 Å². The van der Waals surface area contributed by atoms with Crippen LogP contribution in [0.4, 0.5) is 5.69 Å². The van der Waals surface area contributed by atoms with Gasteiger partial charge in [0, 0.05) is 19.2 Å². The first-order valence-electron chi connectivity index (χ1n) is 6.34. The van der Waals surface area contributed by atoms with Crippen molar-refractivity contribution in [3.8, 4) is 11.5 Å². The summed E-state index contributed by atoms with van der Waals surface area (Å²) in [5.41, 5.74) is 10.3. The molecule has 0 unspecified atom stereocenters. The van der Waals surface area contributed by atoms with Crippen LogP contribution in [0.5, 0.6) is 0 Å². The molecule has 0 aliphatic heterocycles. The van der Waals surface area contributed by atoms with Crippen molar-refractivity contribution in [1.29, 1.82) is 0 Å². The van der Waals surface area contributed by atoms with Gasteiger partial charge in [-0.05, 0) is 79.1 Å². The van der Waals surface area contributed by atoms with Crippen molar-refractivity contribution in [3.63, 3.8) is 0 Å². The largest absolute Gasteiger partial charge is 0.436 e. The highest BCUT2D eigenvalue weighted by molar-refractivity contribution is 14.1. The molecular weight excluding hydrogens is 511 g/mol. The fourth-order valence-corrected chi connectivity index (χ4v) is 4.16. The lowest BCUT2D eigenvalue weighted by Gasteiger charge is -2.07. The summed E-state index contributed by atoms with van der Waals surface area (Å²) in [6, 6.07) is 8.06. The average Bonchev–Trinajstić information content (AvgIpc) is 2.91. The third kappa shape index (κ3) is 2.61. The minimum absolute atomic E-state index is 0.608. The first-order chi connectivity index (χ1) is 10.0. The summed E-state index contributed by atoms with van der Waals surface area (Å²) in [5, 5.41) is 0. The molecule has 0 fully saturated rings. The molecule has 0 saturated carbocycles. The van der Waals surface area contributed by atoms with Crippen LogP contribution in [0.3, 0.4) is 0 Å². The standard InChI is InChI=1S/C15H11Br2IN2O/c1-2-9-10(16)12(19)11(17)13-14(9)21-15(20-13)7-4-3-5-8(18)6-7/h3-6H,2,19H2,1H3. The van der Waals surface area contributed by atoms with Crippen LogP contribution in [-0.2, 0) is 6.42 Å². The Hall–Kier alpha value is -0.600. The van der Waals surface area contributed by atoms with Crippen molar-refractivity contribution in [1.82, 2.24) is 4.98 Å². The number of nitrogen functional groups attached to an aromatic ring is 1. The molecule has 108 valence electrons. The van der Waals surface area contributed by atoms with Crippen LogP contribution in [0, 0.1) is 3.57 Å². The fourth-order valence-electron chi connectivity index (χ4n) is 2.22. The second kappa shape index (κ2) is 5.89. The quantitative estimate of drug-likeness (QED) is 0.344. The summed E-state index contributed by atoms with van der Waals surface area (Å²) >= 11 is 9.34. The molecule has 0 atom stereocenters. The number of fused-ring (bicyclic) bond motifs is 1. The van der Waals surface area contributed by atoms with Gasteiger partial charge in [-0.15, -0.1) is 0 Å². The predicted molar refractivity (Wildman–Crippen MR) is 101 cm³/mol. The minimum atomic E-state index is 0.608. The number of aryl methyl sites for hydroxylation is 1. The molecule has 0 saturated heterocycles. The van der Waals surface area contributed by atoms with Crippen molar-refractivity contribution in [2.45, 2.75) is 13.3 Å². The first-order valence-corrected chi connectivity index (χ1v) is 9.01. The van der Waals surface area contributed by atoms with Gasteiger partial charge in [-0.3, -0.25) is 0 Å². The predicted octanol–water partition coefficient (Wildman–Crippen LogP) is 5.77. The van der Waals surface area contributed by atoms with Crippen molar-refractivity contribution < 1.29 is 4.42 Å². The highest BCUT2D eigenvalue weighted by Crippen LogP contribution is 2.41. The van der Waals surface area contributed by atoms with Gasteiger partial charge in [-0.2, -0.15) is 0 Å². The smallest absolute Gasteiger partial charge is 0.227 e. The highest BCUT2D eigenvalue weighted by atomic mass is 127. The average molecular weight is 522 g/mol. The topological polar surface area (TPSA) is 52.0 Å². The number of halogens is 3. The Morgan fingerprint density at radius 2 is 2.05 bits per heavy atom. The van der Waals surface area contributed by atoms with E-state index in [2.05, 4.69) is 66.4 Å². The lowest BCUT2D eigenvalue weighted by molar-refractivity contribution is 0.615. The van der Waals surface area contributed by atoms with Crippen molar-refractivity contribution in [2.75, 3.05) is 5.73 Å². The number of hydrogen-bond acceptors (Lipinski definition) is 3. The maximum Gasteiger partial charge on any atom is 0.227 e. The molecule has 0 amide bonds. The van der Waals surface area contributed by atoms with E-state index in [4.69, 9.17) is 10.2 Å². The Morgan fingerprint density at radius 3 is 2.71 bits per heavy atom. The third-order valence-electron chi connectivity index (χ3n) is 3.27. The zero-order chi connectivity index (χ0) is 15.1. The van der Waals surface area contributed by atoms with E-state index in [1.807, 2.05) is 24.3 Å². The maximum absolute atomic E-state index is 6.12. The maximum atomic E-state index is 6.12. The van der Waals surface area contributed by atoms with E-state index in [0.717, 1.165) is 41.2 Å². The Bertz CT molecular complexity index is 845. The number of anilines is 1. The molecule has 0 radical (unpaired) electrons. The molecule has 21 heavy (non-hydrogen) atoms. The van der Waals surface area contributed by atoms with Crippen molar-refractivity contribution in [2.24, 2.45) is 0 Å². The summed E-state index contributed by atoms with van der Waals surface area (Å²) < 4.78 is 8.80. The number of rotatable bonds is 2. The lowest BCUT2D eigenvalue weighted by atomic mass is 10.1. The second-order valence-corrected chi connectivity index (χ2v) is 7.41. The zero-order valence-electron chi connectivity index (χ0n) is 11.1. The van der Waals surface area contributed by atoms with E-state index in [1.165, 1.54) is 0 Å². The number of nitrogens with two attached hydrogens (primary N) is 1. The first kappa shape index (κ1) is 15.3. The van der Waals surface area contributed by atoms with E-state index in [-0.39, 0.29) is 0 Å². The number of hydrogen-bond donors (Lipinski definition) is 1. The lowest BCUT2D eigenvalue weighted by Crippen LogP contribution is -1.94. The minimum Gasteiger partial charge on any atom is -0.436 e. The van der Waals surface area contributed by atoms with Gasteiger partial charge in [0.05, 0.1) is 10.2 Å². The van der Waals surface area contributed by atoms with Gasteiger partial charge in [-0.25, -0.2) is 4.98 Å². The molecule has 1 aromatic heterocycles. The summed E-state index contributed by atoms with van der Waals surface area (Å²) in [7, 11) is 0. The molecule has 3 aromatic rings. The molecule has 1 heterocycles. The molecule has 2 N–H and O–H groups in total. The molecule has 0 aliphatic carbocycles. The van der Waals surface area contributed by atoms with Crippen LogP contribution in [-0.4, -0.2) is 4.98 Å². The van der Waals surface area contributed by atoms with Crippen LogP contribution in [0.25, 0.3) is 22.6 Å². The molecule has 2 aromatic carbocycles. The van der Waals surface area contributed by atoms with E-state index >= 15 is 0 Å². The monoisotopic (exact) mass is 520 g/mol. The Morgan fingerprint density at radius 1 is 1.29 bits per heavy atom. The summed E-state index contributed by atoms with van der Waals surface area (Å²) in [6.07, 6.45) is 0.815. The summed E-state index contributed by atoms with van der Waals surface area (Å²) in [4.78, 5) is 4.62. The molecule has 3 nitrogen and oxygen atoms in total. The zero-order valence-corrected chi connectivity index (χ0v) is 16.4.